The van der Waals surface area contributed by atoms with Crippen molar-refractivity contribution >= 4 is 44.9 Å². The number of aromatic nitrogens is 5. The lowest BCUT2D eigenvalue weighted by molar-refractivity contribution is 0.953. The summed E-state index contributed by atoms with van der Waals surface area (Å²) in [5.74, 6) is 1.74. The molecule has 0 radical (unpaired) electrons. The van der Waals surface area contributed by atoms with Crippen LogP contribution in [0.3, 0.4) is 0 Å². The molecule has 270 valence electrons. The van der Waals surface area contributed by atoms with E-state index < -0.39 is 0 Å². The first-order valence-electron chi connectivity index (χ1n) is 19.2. The molecule has 7 aromatic carbocycles. The Morgan fingerprint density at radius 2 is 0.912 bits per heavy atom. The lowest BCUT2D eigenvalue weighted by Gasteiger charge is -2.14. The largest absolute Gasteiger partial charge is 0.307 e. The number of hydrogen-bond acceptors (Lipinski definition) is 3. The smallest absolute Gasteiger partial charge is 0.238 e. The SMILES string of the molecule is C=Cc1c(/C=C\C)c2ccc3c4ccccc4n(-c4nc(-c5ccc(-c6ccccc6)cc5)nc(-c5ccc(-c6ccccc6)cc5)n4)c3c2n1-c1ccccc1. The van der Waals surface area contributed by atoms with Crippen molar-refractivity contribution in [3.8, 4) is 56.7 Å². The molecule has 0 saturated carbocycles. The van der Waals surface area contributed by atoms with Crippen molar-refractivity contribution in [1.29, 1.82) is 0 Å². The molecule has 0 fully saturated rings. The van der Waals surface area contributed by atoms with Gasteiger partial charge in [-0.1, -0.05) is 176 Å². The summed E-state index contributed by atoms with van der Waals surface area (Å²) in [4.78, 5) is 15.8. The fourth-order valence-electron chi connectivity index (χ4n) is 8.07. The van der Waals surface area contributed by atoms with Crippen LogP contribution in [-0.4, -0.2) is 24.1 Å². The molecule has 10 rings (SSSR count). The molecule has 5 heteroatoms. The Kier molecular flexibility index (Phi) is 8.46. The average molecular weight is 732 g/mol. The van der Waals surface area contributed by atoms with Crippen molar-refractivity contribution in [2.75, 3.05) is 0 Å². The second-order valence-corrected chi connectivity index (χ2v) is 14.1. The van der Waals surface area contributed by atoms with E-state index in [2.05, 4.69) is 199 Å². The summed E-state index contributed by atoms with van der Waals surface area (Å²) >= 11 is 0. The normalized spacial score (nSPS) is 11.6. The van der Waals surface area contributed by atoms with Gasteiger partial charge < -0.3 is 4.57 Å². The topological polar surface area (TPSA) is 48.5 Å². The van der Waals surface area contributed by atoms with Gasteiger partial charge in [0.05, 0.1) is 22.2 Å². The van der Waals surface area contributed by atoms with Crippen LogP contribution in [0.15, 0.2) is 189 Å². The number of fused-ring (bicyclic) bond motifs is 5. The molecule has 3 aromatic heterocycles. The summed E-state index contributed by atoms with van der Waals surface area (Å²) < 4.78 is 4.55. The monoisotopic (exact) mass is 731 g/mol. The van der Waals surface area contributed by atoms with E-state index >= 15 is 0 Å². The molecule has 0 spiro atoms. The minimum atomic E-state index is 0.543. The Balaban J connectivity index is 1.27. The van der Waals surface area contributed by atoms with Crippen LogP contribution in [0.4, 0.5) is 0 Å². The highest BCUT2D eigenvalue weighted by Crippen LogP contribution is 2.41. The Labute approximate surface area is 331 Å². The summed E-state index contributed by atoms with van der Waals surface area (Å²) in [5, 5.41) is 3.34. The third kappa shape index (κ3) is 5.85. The molecule has 0 saturated heterocycles. The minimum Gasteiger partial charge on any atom is -0.307 e. The van der Waals surface area contributed by atoms with Gasteiger partial charge in [-0.15, -0.1) is 0 Å². The Morgan fingerprint density at radius 1 is 0.439 bits per heavy atom. The van der Waals surface area contributed by atoms with Gasteiger partial charge in [0.1, 0.15) is 0 Å². The fourth-order valence-corrected chi connectivity index (χ4v) is 8.07. The summed E-state index contributed by atoms with van der Waals surface area (Å²) in [6, 6.07) is 61.3. The van der Waals surface area contributed by atoms with E-state index in [0.29, 0.717) is 17.6 Å². The lowest BCUT2D eigenvalue weighted by Crippen LogP contribution is -2.07. The quantitative estimate of drug-likeness (QED) is 0.156. The van der Waals surface area contributed by atoms with Crippen molar-refractivity contribution in [1.82, 2.24) is 24.1 Å². The van der Waals surface area contributed by atoms with Crippen molar-refractivity contribution in [3.05, 3.63) is 200 Å². The van der Waals surface area contributed by atoms with Crippen LogP contribution in [-0.2, 0) is 0 Å². The van der Waals surface area contributed by atoms with Crippen LogP contribution in [0.25, 0.3) is 102 Å². The van der Waals surface area contributed by atoms with E-state index in [0.717, 1.165) is 83.0 Å². The van der Waals surface area contributed by atoms with E-state index in [1.165, 1.54) is 0 Å². The molecular weight excluding hydrogens is 695 g/mol. The summed E-state index contributed by atoms with van der Waals surface area (Å²) in [7, 11) is 0. The zero-order chi connectivity index (χ0) is 38.3. The number of benzene rings is 7. The van der Waals surface area contributed by atoms with Crippen LogP contribution in [0.1, 0.15) is 18.2 Å². The third-order valence-electron chi connectivity index (χ3n) is 10.7. The molecule has 0 bridgehead atoms. The third-order valence-corrected chi connectivity index (χ3v) is 10.7. The van der Waals surface area contributed by atoms with Crippen LogP contribution in [0, 0.1) is 0 Å². The molecule has 0 aliphatic rings. The van der Waals surface area contributed by atoms with Gasteiger partial charge in [0, 0.05) is 38.5 Å². The van der Waals surface area contributed by atoms with Gasteiger partial charge in [-0.3, -0.25) is 4.57 Å². The second kappa shape index (κ2) is 14.2. The van der Waals surface area contributed by atoms with Crippen molar-refractivity contribution < 1.29 is 0 Å². The van der Waals surface area contributed by atoms with Gasteiger partial charge >= 0.3 is 0 Å². The maximum Gasteiger partial charge on any atom is 0.238 e. The van der Waals surface area contributed by atoms with Gasteiger partial charge in [-0.05, 0) is 53.5 Å². The van der Waals surface area contributed by atoms with Crippen molar-refractivity contribution in [2.45, 2.75) is 6.92 Å². The highest BCUT2D eigenvalue weighted by Gasteiger charge is 2.24. The Hall–Kier alpha value is -7.63. The molecule has 0 aliphatic heterocycles. The fraction of sp³-hybridized carbons (Fsp3) is 0.0192. The minimum absolute atomic E-state index is 0.543. The van der Waals surface area contributed by atoms with Crippen LogP contribution >= 0.6 is 0 Å². The van der Waals surface area contributed by atoms with Gasteiger partial charge in [-0.25, -0.2) is 4.98 Å². The number of hydrogen-bond donors (Lipinski definition) is 0. The van der Waals surface area contributed by atoms with E-state index in [4.69, 9.17) is 15.0 Å². The molecule has 0 atom stereocenters. The van der Waals surface area contributed by atoms with Gasteiger partial charge in [-0.2, -0.15) is 9.97 Å². The molecular formula is C52H37N5. The van der Waals surface area contributed by atoms with Gasteiger partial charge in [0.15, 0.2) is 11.6 Å². The average Bonchev–Trinajstić information content (AvgIpc) is 3.80. The first kappa shape index (κ1) is 33.9. The molecule has 3 heterocycles. The first-order chi connectivity index (χ1) is 28.2. The zero-order valence-electron chi connectivity index (χ0n) is 31.4. The Morgan fingerprint density at radius 3 is 1.47 bits per heavy atom. The number of rotatable bonds is 8. The van der Waals surface area contributed by atoms with Crippen molar-refractivity contribution in [2.24, 2.45) is 0 Å². The first-order valence-corrected chi connectivity index (χ1v) is 19.2. The van der Waals surface area contributed by atoms with E-state index in [-0.39, 0.29) is 0 Å². The number of allylic oxidation sites excluding steroid dienone is 1. The highest BCUT2D eigenvalue weighted by molar-refractivity contribution is 6.19. The molecule has 57 heavy (non-hydrogen) atoms. The van der Waals surface area contributed by atoms with Crippen LogP contribution in [0.2, 0.25) is 0 Å². The highest BCUT2D eigenvalue weighted by atomic mass is 15.2. The zero-order valence-corrected chi connectivity index (χ0v) is 31.4. The summed E-state index contributed by atoms with van der Waals surface area (Å²) in [6.45, 7) is 6.36. The van der Waals surface area contributed by atoms with Crippen LogP contribution in [0.5, 0.6) is 0 Å². The van der Waals surface area contributed by atoms with Gasteiger partial charge in [0.25, 0.3) is 0 Å². The predicted octanol–water partition coefficient (Wildman–Crippen LogP) is 13.3. The Bertz CT molecular complexity index is 3000. The predicted molar refractivity (Wildman–Crippen MR) is 238 cm³/mol. The molecule has 0 unspecified atom stereocenters. The molecule has 0 N–H and O–H groups in total. The number of para-hydroxylation sites is 2. The van der Waals surface area contributed by atoms with Gasteiger partial charge in [0.2, 0.25) is 5.95 Å². The maximum atomic E-state index is 5.33. The standard InChI is InChI=1S/C52H37N5/c1-3-16-42-44-33-34-45-43-23-14-15-24-47(43)57(49(45)48(44)56(46(42)4-2)41-21-12-7-13-22-41)52-54-50(39-29-25-37(26-30-39)35-17-8-5-9-18-35)53-51(55-52)40-31-27-38(28-32-40)36-19-10-6-11-20-36/h3-34H,2H2,1H3/b16-3-. The van der Waals surface area contributed by atoms with E-state index in [9.17, 15) is 0 Å². The number of nitrogens with zero attached hydrogens (tertiary/aromatic N) is 5. The molecule has 0 aliphatic carbocycles. The van der Waals surface area contributed by atoms with Crippen molar-refractivity contribution in [3.63, 3.8) is 0 Å². The van der Waals surface area contributed by atoms with Crippen LogP contribution < -0.4 is 0 Å². The molecule has 0 amide bonds. The second-order valence-electron chi connectivity index (χ2n) is 14.1. The molecule has 5 nitrogen and oxygen atoms in total. The molecule has 10 aromatic rings. The van der Waals surface area contributed by atoms with E-state index in [1.54, 1.807) is 0 Å². The summed E-state index contributed by atoms with van der Waals surface area (Å²) in [6.07, 6.45) is 6.22. The maximum absolute atomic E-state index is 5.33. The van der Waals surface area contributed by atoms with E-state index in [1.807, 2.05) is 18.2 Å². The lowest BCUT2D eigenvalue weighted by atomic mass is 10.0. The summed E-state index contributed by atoms with van der Waals surface area (Å²) in [5.41, 5.74) is 12.6.